The molecule has 1 aliphatic heterocycles. The third kappa shape index (κ3) is 2.48. The number of hydrogen-bond acceptors (Lipinski definition) is 2. The minimum atomic E-state index is -0.0735. The number of aliphatic hydroxyl groups excluding tert-OH is 1. The molecule has 0 spiro atoms. The number of rotatable bonds is 2. The Labute approximate surface area is 87.1 Å². The van der Waals surface area contributed by atoms with Crippen LogP contribution in [0.3, 0.4) is 0 Å². The van der Waals surface area contributed by atoms with Gasteiger partial charge in [-0.2, -0.15) is 0 Å². The van der Waals surface area contributed by atoms with E-state index in [-0.39, 0.29) is 6.10 Å². The minimum absolute atomic E-state index is 0.0735. The highest BCUT2D eigenvalue weighted by molar-refractivity contribution is 4.85. The van der Waals surface area contributed by atoms with E-state index in [0.717, 1.165) is 6.54 Å². The van der Waals surface area contributed by atoms with Crippen molar-refractivity contribution >= 4 is 0 Å². The zero-order valence-corrected chi connectivity index (χ0v) is 9.04. The predicted octanol–water partition coefficient (Wildman–Crippen LogP) is 2.07. The molecule has 2 nitrogen and oxygen atoms in total. The molecular weight excluding hydrogens is 174 g/mol. The molecule has 0 aromatic heterocycles. The topological polar surface area (TPSA) is 32.3 Å². The van der Waals surface area contributed by atoms with Crippen molar-refractivity contribution in [2.24, 2.45) is 5.92 Å². The molecule has 1 saturated heterocycles. The first-order valence-corrected chi connectivity index (χ1v) is 6.29. The van der Waals surface area contributed by atoms with E-state index in [1.165, 1.54) is 51.4 Å². The Morgan fingerprint density at radius 3 is 2.29 bits per heavy atom. The Balaban J connectivity index is 1.82. The Hall–Kier alpha value is -0.0800. The van der Waals surface area contributed by atoms with E-state index < -0.39 is 0 Å². The van der Waals surface area contributed by atoms with Crippen LogP contribution in [0.1, 0.15) is 51.4 Å². The lowest BCUT2D eigenvalue weighted by Gasteiger charge is -2.34. The summed E-state index contributed by atoms with van der Waals surface area (Å²) >= 11 is 0. The summed E-state index contributed by atoms with van der Waals surface area (Å²) in [6.07, 6.45) is 10.2. The third-order valence-corrected chi connectivity index (χ3v) is 3.89. The second-order valence-corrected chi connectivity index (χ2v) is 4.95. The highest BCUT2D eigenvalue weighted by atomic mass is 16.3. The summed E-state index contributed by atoms with van der Waals surface area (Å²) in [6.45, 7) is 1.11. The van der Waals surface area contributed by atoms with Crippen molar-refractivity contribution < 1.29 is 5.11 Å². The van der Waals surface area contributed by atoms with E-state index in [2.05, 4.69) is 5.32 Å². The van der Waals surface area contributed by atoms with Crippen molar-refractivity contribution in [1.82, 2.24) is 5.32 Å². The lowest BCUT2D eigenvalue weighted by molar-refractivity contribution is 0.0414. The Kier molecular flexibility index (Phi) is 3.82. The lowest BCUT2D eigenvalue weighted by Crippen LogP contribution is -2.46. The molecule has 1 aliphatic carbocycles. The van der Waals surface area contributed by atoms with Gasteiger partial charge < -0.3 is 10.4 Å². The second kappa shape index (κ2) is 5.13. The van der Waals surface area contributed by atoms with Crippen LogP contribution in [0.4, 0.5) is 0 Å². The summed E-state index contributed by atoms with van der Waals surface area (Å²) in [5.41, 5.74) is 0. The van der Waals surface area contributed by atoms with Crippen LogP contribution in [0.2, 0.25) is 0 Å². The first-order chi connectivity index (χ1) is 6.88. The standard InChI is InChI=1S/C12H23NO/c14-12(10-6-2-1-3-7-10)11-8-4-5-9-13-11/h10-14H,1-9H2. The maximum Gasteiger partial charge on any atom is 0.0721 e. The average Bonchev–Trinajstić information content (AvgIpc) is 2.30. The molecule has 1 heterocycles. The van der Waals surface area contributed by atoms with Crippen LogP contribution in [-0.2, 0) is 0 Å². The molecule has 2 N–H and O–H groups in total. The summed E-state index contributed by atoms with van der Waals surface area (Å²) in [4.78, 5) is 0. The second-order valence-electron chi connectivity index (χ2n) is 4.95. The third-order valence-electron chi connectivity index (χ3n) is 3.89. The first-order valence-electron chi connectivity index (χ1n) is 6.29. The number of nitrogens with one attached hydrogen (secondary N) is 1. The van der Waals surface area contributed by atoms with Gasteiger partial charge in [0, 0.05) is 6.04 Å². The van der Waals surface area contributed by atoms with Gasteiger partial charge in [0.2, 0.25) is 0 Å². The van der Waals surface area contributed by atoms with Gasteiger partial charge in [-0.3, -0.25) is 0 Å². The Bertz CT molecular complexity index is 142. The number of piperidine rings is 1. The molecule has 2 fully saturated rings. The zero-order valence-electron chi connectivity index (χ0n) is 9.04. The SMILES string of the molecule is OC(C1CCCCC1)C1CCCCN1. The van der Waals surface area contributed by atoms with Gasteiger partial charge in [-0.1, -0.05) is 25.7 Å². The highest BCUT2D eigenvalue weighted by Gasteiger charge is 2.29. The van der Waals surface area contributed by atoms with Gasteiger partial charge in [0.05, 0.1) is 6.10 Å². The van der Waals surface area contributed by atoms with Crippen LogP contribution in [0.25, 0.3) is 0 Å². The molecule has 0 radical (unpaired) electrons. The number of aliphatic hydroxyl groups is 1. The van der Waals surface area contributed by atoms with E-state index in [1.807, 2.05) is 0 Å². The summed E-state index contributed by atoms with van der Waals surface area (Å²) in [5, 5.41) is 13.7. The molecule has 2 unspecified atom stereocenters. The normalized spacial score (nSPS) is 32.8. The van der Waals surface area contributed by atoms with Gasteiger partial charge in [0.15, 0.2) is 0 Å². The van der Waals surface area contributed by atoms with Crippen molar-refractivity contribution in [3.8, 4) is 0 Å². The van der Waals surface area contributed by atoms with E-state index in [9.17, 15) is 5.11 Å². The smallest absolute Gasteiger partial charge is 0.0721 e. The quantitative estimate of drug-likeness (QED) is 0.710. The Morgan fingerprint density at radius 1 is 0.929 bits per heavy atom. The van der Waals surface area contributed by atoms with E-state index in [0.29, 0.717) is 12.0 Å². The lowest BCUT2D eigenvalue weighted by atomic mass is 9.81. The molecule has 1 saturated carbocycles. The first kappa shape index (κ1) is 10.4. The maximum atomic E-state index is 10.2. The molecule has 0 amide bonds. The van der Waals surface area contributed by atoms with Gasteiger partial charge >= 0.3 is 0 Å². The van der Waals surface area contributed by atoms with Gasteiger partial charge in [0.25, 0.3) is 0 Å². The van der Waals surface area contributed by atoms with Crippen molar-refractivity contribution in [3.05, 3.63) is 0 Å². The van der Waals surface area contributed by atoms with Crippen LogP contribution in [0, 0.1) is 5.92 Å². The van der Waals surface area contributed by atoms with Crippen molar-refractivity contribution in [1.29, 1.82) is 0 Å². The summed E-state index contributed by atoms with van der Waals surface area (Å²) in [5.74, 6) is 0.583. The van der Waals surface area contributed by atoms with Gasteiger partial charge in [-0.15, -0.1) is 0 Å². The fourth-order valence-electron chi connectivity index (χ4n) is 2.97. The molecule has 2 aliphatic rings. The predicted molar refractivity (Wildman–Crippen MR) is 58.2 cm³/mol. The van der Waals surface area contributed by atoms with E-state index >= 15 is 0 Å². The Morgan fingerprint density at radius 2 is 1.64 bits per heavy atom. The minimum Gasteiger partial charge on any atom is -0.391 e. The molecule has 0 bridgehead atoms. The fraction of sp³-hybridized carbons (Fsp3) is 1.00. The van der Waals surface area contributed by atoms with Crippen LogP contribution in [0.15, 0.2) is 0 Å². The summed E-state index contributed by atoms with van der Waals surface area (Å²) < 4.78 is 0. The van der Waals surface area contributed by atoms with Crippen molar-refractivity contribution in [2.45, 2.75) is 63.5 Å². The fourth-order valence-corrected chi connectivity index (χ4v) is 2.97. The van der Waals surface area contributed by atoms with E-state index in [1.54, 1.807) is 0 Å². The van der Waals surface area contributed by atoms with Gasteiger partial charge in [-0.05, 0) is 38.1 Å². The van der Waals surface area contributed by atoms with E-state index in [4.69, 9.17) is 0 Å². The van der Waals surface area contributed by atoms with Crippen molar-refractivity contribution in [3.63, 3.8) is 0 Å². The molecule has 2 heteroatoms. The van der Waals surface area contributed by atoms with Crippen LogP contribution < -0.4 is 5.32 Å². The number of hydrogen-bond donors (Lipinski definition) is 2. The zero-order chi connectivity index (χ0) is 9.80. The molecule has 14 heavy (non-hydrogen) atoms. The van der Waals surface area contributed by atoms with Crippen LogP contribution in [0.5, 0.6) is 0 Å². The van der Waals surface area contributed by atoms with Crippen LogP contribution >= 0.6 is 0 Å². The molecular formula is C12H23NO. The maximum absolute atomic E-state index is 10.2. The highest BCUT2D eigenvalue weighted by Crippen LogP contribution is 2.29. The monoisotopic (exact) mass is 197 g/mol. The molecule has 0 aromatic rings. The molecule has 2 atom stereocenters. The van der Waals surface area contributed by atoms with Gasteiger partial charge in [0.1, 0.15) is 0 Å². The summed E-state index contributed by atoms with van der Waals surface area (Å²) in [7, 11) is 0. The van der Waals surface area contributed by atoms with Crippen molar-refractivity contribution in [2.75, 3.05) is 6.54 Å². The average molecular weight is 197 g/mol. The van der Waals surface area contributed by atoms with Gasteiger partial charge in [-0.25, -0.2) is 0 Å². The molecule has 82 valence electrons. The molecule has 2 rings (SSSR count). The molecule has 0 aromatic carbocycles. The summed E-state index contributed by atoms with van der Waals surface area (Å²) in [6, 6.07) is 0.395. The largest absolute Gasteiger partial charge is 0.391 e. The van der Waals surface area contributed by atoms with Crippen LogP contribution in [-0.4, -0.2) is 23.8 Å².